The highest BCUT2D eigenvalue weighted by atomic mass is 32.2. The first-order valence-electron chi connectivity index (χ1n) is 9.32. The summed E-state index contributed by atoms with van der Waals surface area (Å²) in [5.41, 5.74) is 0.689. The van der Waals surface area contributed by atoms with Crippen molar-refractivity contribution in [3.63, 3.8) is 0 Å². The molecule has 2 heterocycles. The number of ether oxygens (including phenoxy) is 1. The maximum absolute atomic E-state index is 14.1. The van der Waals surface area contributed by atoms with E-state index in [9.17, 15) is 26.8 Å². The number of nitrogens with zero attached hydrogens (tertiary/aromatic N) is 2. The number of rotatable bonds is 6. The van der Waals surface area contributed by atoms with Crippen molar-refractivity contribution in [1.29, 1.82) is 0 Å². The minimum absolute atomic E-state index is 0.0218. The molecular weight excluding hydrogens is 434 g/mol. The standard InChI is InChI=1S/C19H20F2N4O5S/c20-14-4-5-15(21)16(9-14)31(28,29)25-7-2-8-30-17(25)12-24-19(27)18(26)23-11-13-3-1-6-22-10-13/h1,3-6,9-10,17H,2,7-8,11-12H2,(H,23,26)(H,24,27). The number of aromatic nitrogens is 1. The number of hydrogen-bond acceptors (Lipinski definition) is 6. The Labute approximate surface area is 177 Å². The van der Waals surface area contributed by atoms with E-state index in [-0.39, 0.29) is 26.2 Å². The highest BCUT2D eigenvalue weighted by Crippen LogP contribution is 2.24. The third-order valence-electron chi connectivity index (χ3n) is 4.45. The van der Waals surface area contributed by atoms with Crippen LogP contribution in [0.2, 0.25) is 0 Å². The third kappa shape index (κ3) is 5.60. The number of amides is 2. The Kier molecular flexibility index (Phi) is 7.25. The lowest BCUT2D eigenvalue weighted by atomic mass is 10.3. The van der Waals surface area contributed by atoms with Crippen molar-refractivity contribution < 1.29 is 31.5 Å². The Morgan fingerprint density at radius 1 is 1.19 bits per heavy atom. The molecule has 0 spiro atoms. The van der Waals surface area contributed by atoms with Crippen LogP contribution in [0.4, 0.5) is 8.78 Å². The number of carbonyl (C=O) groups is 2. The normalized spacial score (nSPS) is 17.2. The van der Waals surface area contributed by atoms with Crippen molar-refractivity contribution in [3.05, 3.63) is 59.9 Å². The zero-order valence-electron chi connectivity index (χ0n) is 16.3. The zero-order chi connectivity index (χ0) is 22.4. The second-order valence-corrected chi connectivity index (χ2v) is 8.48. The Morgan fingerprint density at radius 3 is 2.71 bits per heavy atom. The molecule has 0 aliphatic carbocycles. The topological polar surface area (TPSA) is 118 Å². The predicted molar refractivity (Wildman–Crippen MR) is 104 cm³/mol. The molecule has 1 saturated heterocycles. The van der Waals surface area contributed by atoms with E-state index < -0.39 is 44.6 Å². The van der Waals surface area contributed by atoms with Crippen LogP contribution in [0.1, 0.15) is 12.0 Å². The summed E-state index contributed by atoms with van der Waals surface area (Å²) >= 11 is 0. The van der Waals surface area contributed by atoms with Crippen LogP contribution in [-0.2, 0) is 30.9 Å². The first kappa shape index (κ1) is 22.7. The lowest BCUT2D eigenvalue weighted by molar-refractivity contribution is -0.140. The molecule has 0 saturated carbocycles. The highest BCUT2D eigenvalue weighted by molar-refractivity contribution is 7.89. The Bertz CT molecular complexity index is 1050. The van der Waals surface area contributed by atoms with Crippen LogP contribution in [0.3, 0.4) is 0 Å². The van der Waals surface area contributed by atoms with Gasteiger partial charge in [0, 0.05) is 25.5 Å². The maximum atomic E-state index is 14.1. The molecular formula is C19H20F2N4O5S. The van der Waals surface area contributed by atoms with Gasteiger partial charge in [-0.15, -0.1) is 0 Å². The van der Waals surface area contributed by atoms with Gasteiger partial charge in [0.25, 0.3) is 0 Å². The number of halogens is 2. The van der Waals surface area contributed by atoms with Crippen LogP contribution in [-0.4, -0.2) is 55.4 Å². The summed E-state index contributed by atoms with van der Waals surface area (Å²) in [6.45, 7) is -0.0912. The summed E-state index contributed by atoms with van der Waals surface area (Å²) in [6, 6.07) is 5.51. The third-order valence-corrected chi connectivity index (χ3v) is 6.36. The summed E-state index contributed by atoms with van der Waals surface area (Å²) in [5.74, 6) is -3.94. The van der Waals surface area contributed by atoms with Gasteiger partial charge in [0.1, 0.15) is 22.8 Å². The van der Waals surface area contributed by atoms with E-state index in [1.165, 1.54) is 6.20 Å². The van der Waals surface area contributed by atoms with Crippen molar-refractivity contribution in [3.8, 4) is 0 Å². The van der Waals surface area contributed by atoms with Gasteiger partial charge >= 0.3 is 11.8 Å². The number of pyridine rings is 1. The SMILES string of the molecule is O=C(NCc1cccnc1)C(=O)NCC1OCCCN1S(=O)(=O)c1cc(F)ccc1F. The van der Waals surface area contributed by atoms with Crippen LogP contribution in [0.15, 0.2) is 47.6 Å². The molecule has 1 aromatic carbocycles. The molecule has 1 unspecified atom stereocenters. The number of hydrogen-bond donors (Lipinski definition) is 2. The van der Waals surface area contributed by atoms with Gasteiger partial charge < -0.3 is 15.4 Å². The number of carbonyl (C=O) groups excluding carboxylic acids is 2. The minimum Gasteiger partial charge on any atom is -0.360 e. The molecule has 1 atom stereocenters. The van der Waals surface area contributed by atoms with Crippen LogP contribution < -0.4 is 10.6 Å². The Balaban J connectivity index is 1.63. The summed E-state index contributed by atoms with van der Waals surface area (Å²) in [4.78, 5) is 27.1. The van der Waals surface area contributed by atoms with Crippen molar-refractivity contribution in [2.24, 2.45) is 0 Å². The van der Waals surface area contributed by atoms with Gasteiger partial charge in [-0.25, -0.2) is 17.2 Å². The molecule has 1 aromatic heterocycles. The molecule has 166 valence electrons. The van der Waals surface area contributed by atoms with E-state index in [4.69, 9.17) is 4.74 Å². The Hall–Kier alpha value is -2.96. The first-order valence-corrected chi connectivity index (χ1v) is 10.8. The Morgan fingerprint density at radius 2 is 1.97 bits per heavy atom. The lowest BCUT2D eigenvalue weighted by Crippen LogP contribution is -2.53. The first-order chi connectivity index (χ1) is 14.8. The second kappa shape index (κ2) is 9.90. The average molecular weight is 454 g/mol. The average Bonchev–Trinajstić information content (AvgIpc) is 2.78. The van der Waals surface area contributed by atoms with Crippen molar-refractivity contribution in [2.75, 3.05) is 19.7 Å². The quantitative estimate of drug-likeness (QED) is 0.615. The van der Waals surface area contributed by atoms with Gasteiger partial charge in [-0.1, -0.05) is 6.07 Å². The predicted octanol–water partition coefficient (Wildman–Crippen LogP) is 0.530. The van der Waals surface area contributed by atoms with Crippen molar-refractivity contribution in [2.45, 2.75) is 24.1 Å². The highest BCUT2D eigenvalue weighted by Gasteiger charge is 2.36. The molecule has 1 fully saturated rings. The van der Waals surface area contributed by atoms with Crippen LogP contribution in [0.5, 0.6) is 0 Å². The molecule has 1 aliphatic heterocycles. The van der Waals surface area contributed by atoms with Gasteiger partial charge in [0.2, 0.25) is 10.0 Å². The largest absolute Gasteiger partial charge is 0.360 e. The van der Waals surface area contributed by atoms with Crippen molar-refractivity contribution >= 4 is 21.8 Å². The number of nitrogens with one attached hydrogen (secondary N) is 2. The second-order valence-electron chi connectivity index (χ2n) is 6.62. The maximum Gasteiger partial charge on any atom is 0.309 e. The summed E-state index contributed by atoms with van der Waals surface area (Å²) in [6.07, 6.45) is 2.24. The lowest BCUT2D eigenvalue weighted by Gasteiger charge is -2.34. The van der Waals surface area contributed by atoms with Gasteiger partial charge in [0.05, 0.1) is 13.2 Å². The molecule has 9 nitrogen and oxygen atoms in total. The number of sulfonamides is 1. The molecule has 2 amide bonds. The van der Waals surface area contributed by atoms with Gasteiger partial charge in [-0.2, -0.15) is 4.31 Å². The molecule has 0 radical (unpaired) electrons. The minimum atomic E-state index is -4.44. The van der Waals surface area contributed by atoms with E-state index in [0.717, 1.165) is 16.4 Å². The van der Waals surface area contributed by atoms with Gasteiger partial charge in [0.15, 0.2) is 0 Å². The van der Waals surface area contributed by atoms with Gasteiger partial charge in [-0.05, 0) is 36.2 Å². The van der Waals surface area contributed by atoms with E-state index in [1.807, 2.05) is 0 Å². The van der Waals surface area contributed by atoms with Crippen LogP contribution in [0.25, 0.3) is 0 Å². The molecule has 2 N–H and O–H groups in total. The van der Waals surface area contributed by atoms with Crippen LogP contribution >= 0.6 is 0 Å². The fourth-order valence-corrected chi connectivity index (χ4v) is 4.57. The fourth-order valence-electron chi connectivity index (χ4n) is 2.93. The fraction of sp³-hybridized carbons (Fsp3) is 0.316. The summed E-state index contributed by atoms with van der Waals surface area (Å²) in [7, 11) is -4.44. The zero-order valence-corrected chi connectivity index (χ0v) is 17.1. The smallest absolute Gasteiger partial charge is 0.309 e. The summed E-state index contributed by atoms with van der Waals surface area (Å²) in [5, 5.41) is 4.71. The molecule has 31 heavy (non-hydrogen) atoms. The molecule has 3 rings (SSSR count). The number of benzene rings is 1. The summed E-state index contributed by atoms with van der Waals surface area (Å²) < 4.78 is 59.5. The van der Waals surface area contributed by atoms with E-state index in [1.54, 1.807) is 18.3 Å². The van der Waals surface area contributed by atoms with E-state index in [2.05, 4.69) is 15.6 Å². The van der Waals surface area contributed by atoms with Crippen molar-refractivity contribution in [1.82, 2.24) is 19.9 Å². The molecule has 2 aromatic rings. The van der Waals surface area contributed by atoms with E-state index in [0.29, 0.717) is 18.1 Å². The van der Waals surface area contributed by atoms with E-state index >= 15 is 0 Å². The van der Waals surface area contributed by atoms with Crippen LogP contribution in [0, 0.1) is 11.6 Å². The monoisotopic (exact) mass is 454 g/mol. The molecule has 0 bridgehead atoms. The van der Waals surface area contributed by atoms with Gasteiger partial charge in [-0.3, -0.25) is 14.6 Å². The molecule has 1 aliphatic rings. The molecule has 12 heteroatoms.